The first kappa shape index (κ1) is 15.2. The van der Waals surface area contributed by atoms with Gasteiger partial charge >= 0.3 is 0 Å². The highest BCUT2D eigenvalue weighted by molar-refractivity contribution is 6.34. The molecule has 3 nitrogen and oxygen atoms in total. The number of halogens is 2. The maximum atomic E-state index is 5.98. The van der Waals surface area contributed by atoms with Crippen LogP contribution in [0, 0.1) is 0 Å². The fourth-order valence-corrected chi connectivity index (χ4v) is 2.77. The molecule has 0 bridgehead atoms. The van der Waals surface area contributed by atoms with E-state index in [9.17, 15) is 0 Å². The molecule has 0 atom stereocenters. The molecule has 20 heavy (non-hydrogen) atoms. The van der Waals surface area contributed by atoms with Crippen LogP contribution in [0.2, 0.25) is 10.0 Å². The van der Waals surface area contributed by atoms with Gasteiger partial charge in [-0.05, 0) is 43.0 Å². The van der Waals surface area contributed by atoms with Gasteiger partial charge in [-0.15, -0.1) is 0 Å². The lowest BCUT2D eigenvalue weighted by molar-refractivity contribution is 0.633. The molecule has 1 aliphatic rings. The molecule has 2 rings (SSSR count). The van der Waals surface area contributed by atoms with Crippen molar-refractivity contribution in [2.45, 2.75) is 25.3 Å². The average Bonchev–Trinajstić information content (AvgIpc) is 2.89. The van der Waals surface area contributed by atoms with Crippen molar-refractivity contribution in [3.05, 3.63) is 46.0 Å². The van der Waals surface area contributed by atoms with Crippen LogP contribution in [-0.2, 0) is 6.42 Å². The van der Waals surface area contributed by atoms with Crippen LogP contribution in [0.1, 0.15) is 18.4 Å². The summed E-state index contributed by atoms with van der Waals surface area (Å²) in [5, 5.41) is 8.05. The van der Waals surface area contributed by atoms with Gasteiger partial charge in [0.25, 0.3) is 0 Å². The summed E-state index contributed by atoms with van der Waals surface area (Å²) in [7, 11) is 1.79. The third-order valence-electron chi connectivity index (χ3n) is 3.20. The van der Waals surface area contributed by atoms with Gasteiger partial charge in [0.1, 0.15) is 0 Å². The molecule has 0 aliphatic heterocycles. The van der Waals surface area contributed by atoms with Crippen LogP contribution in [0.15, 0.2) is 35.3 Å². The Morgan fingerprint density at radius 2 is 1.85 bits per heavy atom. The third kappa shape index (κ3) is 4.73. The van der Waals surface area contributed by atoms with E-state index in [1.54, 1.807) is 13.1 Å². The molecule has 1 aromatic carbocycles. The van der Waals surface area contributed by atoms with Crippen LogP contribution in [0.4, 0.5) is 0 Å². The first-order valence-electron chi connectivity index (χ1n) is 6.74. The molecule has 2 N–H and O–H groups in total. The molecule has 1 aromatic rings. The Balaban J connectivity index is 1.78. The van der Waals surface area contributed by atoms with E-state index in [4.69, 9.17) is 23.2 Å². The summed E-state index contributed by atoms with van der Waals surface area (Å²) in [5.74, 6) is 0.840. The van der Waals surface area contributed by atoms with Gasteiger partial charge in [-0.3, -0.25) is 4.99 Å². The van der Waals surface area contributed by atoms with Gasteiger partial charge in [-0.1, -0.05) is 35.4 Å². The van der Waals surface area contributed by atoms with Gasteiger partial charge in [0.2, 0.25) is 0 Å². The molecule has 0 unspecified atom stereocenters. The van der Waals surface area contributed by atoms with Crippen LogP contribution in [0.3, 0.4) is 0 Å². The van der Waals surface area contributed by atoms with Crippen LogP contribution in [-0.4, -0.2) is 25.6 Å². The zero-order valence-electron chi connectivity index (χ0n) is 11.5. The molecule has 1 aliphatic carbocycles. The first-order chi connectivity index (χ1) is 9.67. The maximum absolute atomic E-state index is 5.98. The zero-order valence-corrected chi connectivity index (χ0v) is 13.0. The van der Waals surface area contributed by atoms with E-state index < -0.39 is 0 Å². The second-order valence-electron chi connectivity index (χ2n) is 4.81. The van der Waals surface area contributed by atoms with E-state index in [1.807, 2.05) is 12.1 Å². The number of hydrogen-bond donors (Lipinski definition) is 2. The van der Waals surface area contributed by atoms with Gasteiger partial charge in [-0.2, -0.15) is 0 Å². The first-order valence-corrected chi connectivity index (χ1v) is 7.50. The highest BCUT2D eigenvalue weighted by Gasteiger charge is 2.11. The zero-order chi connectivity index (χ0) is 14.4. The van der Waals surface area contributed by atoms with Crippen LogP contribution in [0.25, 0.3) is 0 Å². The number of hydrogen-bond acceptors (Lipinski definition) is 1. The molecule has 0 heterocycles. The Labute approximate surface area is 130 Å². The monoisotopic (exact) mass is 311 g/mol. The minimum Gasteiger partial charge on any atom is -0.356 e. The summed E-state index contributed by atoms with van der Waals surface area (Å²) in [4.78, 5) is 4.23. The Kier molecular flexibility index (Phi) is 5.74. The fraction of sp³-hybridized carbons (Fsp3) is 0.400. The van der Waals surface area contributed by atoms with E-state index in [0.717, 1.165) is 37.3 Å². The summed E-state index contributed by atoms with van der Waals surface area (Å²) in [6.07, 6.45) is 7.36. The predicted molar refractivity (Wildman–Crippen MR) is 86.8 cm³/mol. The van der Waals surface area contributed by atoms with Crippen molar-refractivity contribution in [3.63, 3.8) is 0 Å². The second-order valence-corrected chi connectivity index (χ2v) is 5.68. The Morgan fingerprint density at radius 3 is 2.45 bits per heavy atom. The second kappa shape index (κ2) is 7.55. The molecule has 5 heteroatoms. The van der Waals surface area contributed by atoms with Gasteiger partial charge in [0.15, 0.2) is 5.96 Å². The van der Waals surface area contributed by atoms with Crippen LogP contribution < -0.4 is 10.6 Å². The lowest BCUT2D eigenvalue weighted by Gasteiger charge is -2.16. The van der Waals surface area contributed by atoms with E-state index in [2.05, 4.69) is 27.8 Å². The topological polar surface area (TPSA) is 36.4 Å². The van der Waals surface area contributed by atoms with E-state index in [0.29, 0.717) is 16.1 Å². The molecule has 0 saturated carbocycles. The van der Waals surface area contributed by atoms with Crippen molar-refractivity contribution in [1.29, 1.82) is 0 Å². The Bertz CT molecular complexity index is 484. The molecule has 0 saturated heterocycles. The van der Waals surface area contributed by atoms with Gasteiger partial charge in [-0.25, -0.2) is 0 Å². The molecule has 0 amide bonds. The third-order valence-corrected chi connectivity index (χ3v) is 3.64. The molecule has 0 spiro atoms. The van der Waals surface area contributed by atoms with Crippen molar-refractivity contribution in [2.24, 2.45) is 4.99 Å². The molecule has 0 radical (unpaired) electrons. The van der Waals surface area contributed by atoms with E-state index in [-0.39, 0.29) is 0 Å². The number of nitrogens with zero attached hydrogens (tertiary/aromatic N) is 1. The summed E-state index contributed by atoms with van der Waals surface area (Å²) in [5.41, 5.74) is 1.12. The number of aliphatic imine (C=N–C) groups is 1. The summed E-state index contributed by atoms with van der Waals surface area (Å²) >= 11 is 12.0. The van der Waals surface area contributed by atoms with Gasteiger partial charge in [0, 0.05) is 29.7 Å². The lowest BCUT2D eigenvalue weighted by Crippen LogP contribution is -2.43. The standard InChI is InChI=1S/C15H19Cl2N3/c1-18-15(20-14-4-2-3-5-14)19-7-6-11-8-12(16)10-13(17)9-11/h2-3,8-10,14H,4-7H2,1H3,(H2,18,19,20). The Morgan fingerprint density at radius 1 is 1.20 bits per heavy atom. The molecule has 0 aromatic heterocycles. The smallest absolute Gasteiger partial charge is 0.191 e. The highest BCUT2D eigenvalue weighted by atomic mass is 35.5. The minimum absolute atomic E-state index is 0.460. The maximum Gasteiger partial charge on any atom is 0.191 e. The van der Waals surface area contributed by atoms with Crippen LogP contribution in [0.5, 0.6) is 0 Å². The predicted octanol–water partition coefficient (Wildman–Crippen LogP) is 3.42. The fourth-order valence-electron chi connectivity index (χ4n) is 2.20. The molecular weight excluding hydrogens is 293 g/mol. The summed E-state index contributed by atoms with van der Waals surface area (Å²) in [6, 6.07) is 6.08. The summed E-state index contributed by atoms with van der Waals surface area (Å²) in [6.45, 7) is 0.788. The SMILES string of the molecule is CN=C(NCCc1cc(Cl)cc(Cl)c1)NC1CC=CC1. The lowest BCUT2D eigenvalue weighted by atomic mass is 10.1. The van der Waals surface area contributed by atoms with Crippen molar-refractivity contribution in [1.82, 2.24) is 10.6 Å². The van der Waals surface area contributed by atoms with Gasteiger partial charge in [0.05, 0.1) is 0 Å². The number of nitrogens with one attached hydrogen (secondary N) is 2. The molecule has 0 fully saturated rings. The molecule has 108 valence electrons. The highest BCUT2D eigenvalue weighted by Crippen LogP contribution is 2.19. The quantitative estimate of drug-likeness (QED) is 0.508. The normalized spacial score (nSPS) is 15.7. The van der Waals surface area contributed by atoms with E-state index >= 15 is 0 Å². The number of benzene rings is 1. The van der Waals surface area contributed by atoms with Crippen LogP contribution >= 0.6 is 23.2 Å². The average molecular weight is 312 g/mol. The van der Waals surface area contributed by atoms with E-state index in [1.165, 1.54) is 0 Å². The Hall–Kier alpha value is -1.19. The number of rotatable bonds is 4. The summed E-state index contributed by atoms with van der Waals surface area (Å²) < 4.78 is 0. The van der Waals surface area contributed by atoms with Gasteiger partial charge < -0.3 is 10.6 Å². The number of guanidine groups is 1. The van der Waals surface area contributed by atoms with Crippen molar-refractivity contribution in [3.8, 4) is 0 Å². The van der Waals surface area contributed by atoms with Crippen molar-refractivity contribution in [2.75, 3.05) is 13.6 Å². The van der Waals surface area contributed by atoms with Crippen molar-refractivity contribution >= 4 is 29.2 Å². The van der Waals surface area contributed by atoms with Crippen molar-refractivity contribution < 1.29 is 0 Å². The largest absolute Gasteiger partial charge is 0.356 e. The minimum atomic E-state index is 0.460. The molecular formula is C15H19Cl2N3.